The zero-order chi connectivity index (χ0) is 19.7. The smallest absolute Gasteiger partial charge is 0.191 e. The third-order valence-corrected chi connectivity index (χ3v) is 5.33. The van der Waals surface area contributed by atoms with Gasteiger partial charge in [-0.3, -0.25) is 4.90 Å². The monoisotopic (exact) mass is 503 g/mol. The minimum atomic E-state index is -0.980. The Labute approximate surface area is 187 Å². The molecule has 2 atom stereocenters. The summed E-state index contributed by atoms with van der Waals surface area (Å²) in [5, 5.41) is 17.5. The van der Waals surface area contributed by atoms with E-state index in [1.54, 1.807) is 0 Å². The van der Waals surface area contributed by atoms with Crippen molar-refractivity contribution in [3.05, 3.63) is 35.9 Å². The number of guanidine groups is 1. The van der Waals surface area contributed by atoms with E-state index >= 15 is 0 Å². The molecule has 0 saturated carbocycles. The number of hydrogen-bond acceptors (Lipinski definition) is 4. The fourth-order valence-electron chi connectivity index (χ4n) is 3.36. The van der Waals surface area contributed by atoms with Gasteiger partial charge in [0.1, 0.15) is 5.60 Å². The zero-order valence-corrected chi connectivity index (χ0v) is 20.1. The summed E-state index contributed by atoms with van der Waals surface area (Å²) in [6, 6.07) is 10.2. The molecule has 160 valence electrons. The quantitative estimate of drug-likeness (QED) is 0.288. The molecule has 3 N–H and O–H groups in total. The molecule has 0 bridgehead atoms. The summed E-state index contributed by atoms with van der Waals surface area (Å²) in [7, 11) is 0. The molecule has 0 spiro atoms. The number of rotatable bonds is 8. The SMILES string of the molecule is CCNC(=NCC(C)(O)c1ccccc1)NCC(C)N1CCN(CC)CC1.I. The minimum Gasteiger partial charge on any atom is -0.384 e. The molecule has 0 amide bonds. The van der Waals surface area contributed by atoms with Gasteiger partial charge in [0.2, 0.25) is 0 Å². The molecule has 28 heavy (non-hydrogen) atoms. The number of piperazine rings is 1. The Morgan fingerprint density at radius 1 is 1.14 bits per heavy atom. The molecule has 0 radical (unpaired) electrons. The summed E-state index contributed by atoms with van der Waals surface area (Å²) in [4.78, 5) is 9.65. The lowest BCUT2D eigenvalue weighted by Gasteiger charge is -2.37. The Balaban J connectivity index is 0.00000392. The molecule has 1 aromatic rings. The highest BCUT2D eigenvalue weighted by molar-refractivity contribution is 14.0. The first-order valence-corrected chi connectivity index (χ1v) is 10.2. The highest BCUT2D eigenvalue weighted by Gasteiger charge is 2.23. The van der Waals surface area contributed by atoms with Crippen LogP contribution in [-0.4, -0.2) is 79.3 Å². The second-order valence-electron chi connectivity index (χ2n) is 7.54. The second-order valence-corrected chi connectivity index (χ2v) is 7.54. The number of aliphatic imine (C=N–C) groups is 1. The van der Waals surface area contributed by atoms with Crippen molar-refractivity contribution >= 4 is 29.9 Å². The predicted molar refractivity (Wildman–Crippen MR) is 129 cm³/mol. The Morgan fingerprint density at radius 3 is 2.36 bits per heavy atom. The molecule has 0 aliphatic carbocycles. The third kappa shape index (κ3) is 7.85. The Bertz CT molecular complexity index is 573. The molecule has 0 aromatic heterocycles. The maximum Gasteiger partial charge on any atom is 0.191 e. The molecule has 7 heteroatoms. The molecular weight excluding hydrogens is 465 g/mol. The van der Waals surface area contributed by atoms with Crippen LogP contribution in [0.3, 0.4) is 0 Å². The number of nitrogens with zero attached hydrogens (tertiary/aromatic N) is 3. The van der Waals surface area contributed by atoms with Gasteiger partial charge >= 0.3 is 0 Å². The van der Waals surface area contributed by atoms with E-state index in [1.165, 1.54) is 0 Å². The highest BCUT2D eigenvalue weighted by atomic mass is 127. The van der Waals surface area contributed by atoms with E-state index in [2.05, 4.69) is 46.2 Å². The zero-order valence-electron chi connectivity index (χ0n) is 17.8. The van der Waals surface area contributed by atoms with E-state index in [1.807, 2.05) is 37.3 Å². The van der Waals surface area contributed by atoms with Gasteiger partial charge in [-0.15, -0.1) is 24.0 Å². The maximum absolute atomic E-state index is 10.8. The Kier molecular flexibility index (Phi) is 11.3. The fraction of sp³-hybridized carbons (Fsp3) is 0.667. The van der Waals surface area contributed by atoms with Crippen LogP contribution in [0.4, 0.5) is 0 Å². The van der Waals surface area contributed by atoms with Crippen molar-refractivity contribution in [1.82, 2.24) is 20.4 Å². The van der Waals surface area contributed by atoms with Gasteiger partial charge < -0.3 is 20.6 Å². The van der Waals surface area contributed by atoms with E-state index in [0.717, 1.165) is 57.3 Å². The van der Waals surface area contributed by atoms with Gasteiger partial charge in [-0.1, -0.05) is 37.3 Å². The van der Waals surface area contributed by atoms with Crippen LogP contribution >= 0.6 is 24.0 Å². The number of likely N-dealkylation sites (N-methyl/N-ethyl adjacent to an activating group) is 1. The van der Waals surface area contributed by atoms with Crippen molar-refractivity contribution in [3.63, 3.8) is 0 Å². The molecule has 1 aromatic carbocycles. The van der Waals surface area contributed by atoms with E-state index in [-0.39, 0.29) is 24.0 Å². The van der Waals surface area contributed by atoms with Crippen LogP contribution in [-0.2, 0) is 5.60 Å². The standard InChI is InChI=1S/C21H37N5O.HI/c1-5-22-20(24-17-21(4,27)19-10-8-7-9-11-19)23-16-18(3)26-14-12-25(6-2)13-15-26;/h7-11,18,27H,5-6,12-17H2,1-4H3,(H2,22,23,24);1H. The van der Waals surface area contributed by atoms with Crippen LogP contribution in [0.2, 0.25) is 0 Å². The van der Waals surface area contributed by atoms with E-state index in [4.69, 9.17) is 0 Å². The molecule has 2 unspecified atom stereocenters. The number of halogens is 1. The summed E-state index contributed by atoms with van der Waals surface area (Å²) in [5.41, 5.74) is -0.0992. The largest absolute Gasteiger partial charge is 0.384 e. The molecule has 1 aliphatic heterocycles. The van der Waals surface area contributed by atoms with Crippen molar-refractivity contribution in [3.8, 4) is 0 Å². The second kappa shape index (κ2) is 12.6. The number of hydrogen-bond donors (Lipinski definition) is 3. The molecule has 1 fully saturated rings. The first-order valence-electron chi connectivity index (χ1n) is 10.2. The number of nitrogens with one attached hydrogen (secondary N) is 2. The van der Waals surface area contributed by atoms with Crippen molar-refractivity contribution in [1.29, 1.82) is 0 Å². The summed E-state index contributed by atoms with van der Waals surface area (Å²) in [5.74, 6) is 0.757. The lowest BCUT2D eigenvalue weighted by atomic mass is 9.96. The van der Waals surface area contributed by atoms with Gasteiger partial charge in [0.15, 0.2) is 5.96 Å². The molecule has 1 saturated heterocycles. The van der Waals surface area contributed by atoms with Gasteiger partial charge in [-0.25, -0.2) is 4.99 Å². The highest BCUT2D eigenvalue weighted by Crippen LogP contribution is 2.20. The summed E-state index contributed by atoms with van der Waals surface area (Å²) in [6.45, 7) is 16.0. The molecular formula is C21H38IN5O. The average Bonchev–Trinajstić information content (AvgIpc) is 2.70. The van der Waals surface area contributed by atoms with Crippen LogP contribution in [0.5, 0.6) is 0 Å². The summed E-state index contributed by atoms with van der Waals surface area (Å²) in [6.07, 6.45) is 0. The van der Waals surface area contributed by atoms with Crippen molar-refractivity contribution in [2.45, 2.75) is 39.3 Å². The van der Waals surface area contributed by atoms with Crippen LogP contribution in [0.15, 0.2) is 35.3 Å². The summed E-state index contributed by atoms with van der Waals surface area (Å²) < 4.78 is 0. The first-order chi connectivity index (χ1) is 13.0. The van der Waals surface area contributed by atoms with Crippen molar-refractivity contribution in [2.75, 3.05) is 52.4 Å². The predicted octanol–water partition coefficient (Wildman–Crippen LogP) is 2.09. The van der Waals surface area contributed by atoms with Crippen LogP contribution in [0, 0.1) is 0 Å². The van der Waals surface area contributed by atoms with Gasteiger partial charge in [0.05, 0.1) is 6.54 Å². The van der Waals surface area contributed by atoms with Gasteiger partial charge in [0, 0.05) is 45.3 Å². The Hall–Kier alpha value is -0.900. The number of benzene rings is 1. The Morgan fingerprint density at radius 2 is 1.79 bits per heavy atom. The van der Waals surface area contributed by atoms with Crippen molar-refractivity contribution < 1.29 is 5.11 Å². The van der Waals surface area contributed by atoms with E-state index in [9.17, 15) is 5.11 Å². The molecule has 1 aliphatic rings. The van der Waals surface area contributed by atoms with Crippen LogP contribution in [0.25, 0.3) is 0 Å². The lowest BCUT2D eigenvalue weighted by molar-refractivity contribution is 0.0672. The third-order valence-electron chi connectivity index (χ3n) is 5.33. The van der Waals surface area contributed by atoms with Crippen LogP contribution in [0.1, 0.15) is 33.3 Å². The van der Waals surface area contributed by atoms with Crippen LogP contribution < -0.4 is 10.6 Å². The molecule has 6 nitrogen and oxygen atoms in total. The minimum absolute atomic E-state index is 0. The average molecular weight is 503 g/mol. The topological polar surface area (TPSA) is 63.1 Å². The van der Waals surface area contributed by atoms with Gasteiger partial charge in [-0.05, 0) is 32.9 Å². The fourth-order valence-corrected chi connectivity index (χ4v) is 3.36. The van der Waals surface area contributed by atoms with Gasteiger partial charge in [0.25, 0.3) is 0 Å². The maximum atomic E-state index is 10.8. The first kappa shape index (κ1) is 25.1. The molecule has 2 rings (SSSR count). The van der Waals surface area contributed by atoms with E-state index < -0.39 is 5.60 Å². The molecule has 1 heterocycles. The summed E-state index contributed by atoms with van der Waals surface area (Å²) >= 11 is 0. The number of aliphatic hydroxyl groups is 1. The van der Waals surface area contributed by atoms with E-state index in [0.29, 0.717) is 12.6 Å². The van der Waals surface area contributed by atoms with Crippen molar-refractivity contribution in [2.24, 2.45) is 4.99 Å². The lowest BCUT2D eigenvalue weighted by Crippen LogP contribution is -2.53. The van der Waals surface area contributed by atoms with Gasteiger partial charge in [-0.2, -0.15) is 0 Å². The normalized spacial score (nSPS) is 19.4.